The maximum atomic E-state index is 12.5. The number of halogens is 3. The molecule has 8 heteroatoms. The summed E-state index contributed by atoms with van der Waals surface area (Å²) in [7, 11) is 0. The molecule has 1 heterocycles. The summed E-state index contributed by atoms with van der Waals surface area (Å²) in [4.78, 5) is 6.82. The molecule has 0 spiro atoms. The number of hydrogen-bond donors (Lipinski definition) is 2. The Morgan fingerprint density at radius 2 is 2.15 bits per heavy atom. The number of alkyl halides is 3. The molecule has 2 fully saturated rings. The summed E-state index contributed by atoms with van der Waals surface area (Å²) in [5, 5.41) is 3.12. The van der Waals surface area contributed by atoms with Crippen LogP contribution < -0.4 is 15.8 Å². The molecule has 1 aliphatic carbocycles. The molecule has 1 saturated carbocycles. The van der Waals surface area contributed by atoms with Gasteiger partial charge in [0.1, 0.15) is 5.75 Å². The summed E-state index contributed by atoms with van der Waals surface area (Å²) < 4.78 is 41.8. The van der Waals surface area contributed by atoms with Crippen LogP contribution in [-0.2, 0) is 0 Å². The number of rotatable bonds is 6. The number of nitrogens with two attached hydrogens (primary N) is 1. The highest BCUT2D eigenvalue weighted by atomic mass is 19.4. The average Bonchev–Trinajstić information content (AvgIpc) is 3.17. The molecule has 0 radical (unpaired) electrons. The largest absolute Gasteiger partial charge is 0.573 e. The summed E-state index contributed by atoms with van der Waals surface area (Å²) in [6.45, 7) is 4.90. The third-order valence-electron chi connectivity index (χ3n) is 5.05. The van der Waals surface area contributed by atoms with Gasteiger partial charge < -0.3 is 15.8 Å². The summed E-state index contributed by atoms with van der Waals surface area (Å²) in [5.41, 5.74) is 6.51. The van der Waals surface area contributed by atoms with Gasteiger partial charge in [0, 0.05) is 18.0 Å². The number of nitrogens with zero attached hydrogens (tertiary/aromatic N) is 2. The van der Waals surface area contributed by atoms with E-state index in [-0.39, 0.29) is 17.7 Å². The zero-order valence-electron chi connectivity index (χ0n) is 14.8. The van der Waals surface area contributed by atoms with Crippen molar-refractivity contribution < 1.29 is 17.9 Å². The Hall–Kier alpha value is -1.96. The van der Waals surface area contributed by atoms with Crippen LogP contribution in [0.25, 0.3) is 0 Å². The molecule has 3 N–H and O–H groups in total. The molecular weight excluding hydrogens is 345 g/mol. The average molecular weight is 370 g/mol. The quantitative estimate of drug-likeness (QED) is 0.597. The van der Waals surface area contributed by atoms with Gasteiger partial charge in [-0.2, -0.15) is 0 Å². The van der Waals surface area contributed by atoms with E-state index in [0.29, 0.717) is 30.5 Å². The fraction of sp³-hybridized carbons (Fsp3) is 0.611. The number of hydrogen-bond acceptors (Lipinski definition) is 3. The standard InChI is InChI=1S/C18H25F3N4O/c1-2-25-9-5-6-12(25)11-23-17(22)24-15-10-14(15)13-7-3-4-8-16(13)26-18(19,20)21/h3-4,7-8,12,14-15H,2,5-6,9-11H2,1H3,(H3,22,23,24). The third kappa shape index (κ3) is 4.81. The Balaban J connectivity index is 1.55. The predicted octanol–water partition coefficient (Wildman–Crippen LogP) is 2.83. The number of para-hydroxylation sites is 1. The minimum atomic E-state index is -4.69. The van der Waals surface area contributed by atoms with Gasteiger partial charge >= 0.3 is 6.36 Å². The molecule has 5 nitrogen and oxygen atoms in total. The van der Waals surface area contributed by atoms with Gasteiger partial charge in [-0.15, -0.1) is 13.2 Å². The van der Waals surface area contributed by atoms with Gasteiger partial charge in [-0.1, -0.05) is 25.1 Å². The number of ether oxygens (including phenoxy) is 1. The van der Waals surface area contributed by atoms with Gasteiger partial charge in [0.25, 0.3) is 0 Å². The molecule has 3 rings (SSSR count). The molecule has 1 aromatic rings. The van der Waals surface area contributed by atoms with Crippen molar-refractivity contribution in [3.63, 3.8) is 0 Å². The van der Waals surface area contributed by atoms with Crippen molar-refractivity contribution in [2.24, 2.45) is 10.7 Å². The van der Waals surface area contributed by atoms with Crippen molar-refractivity contribution in [2.45, 2.75) is 50.6 Å². The zero-order valence-corrected chi connectivity index (χ0v) is 14.8. The molecule has 1 aliphatic heterocycles. The highest BCUT2D eigenvalue weighted by molar-refractivity contribution is 5.78. The van der Waals surface area contributed by atoms with Gasteiger partial charge in [-0.25, -0.2) is 0 Å². The predicted molar refractivity (Wildman–Crippen MR) is 94.2 cm³/mol. The first kappa shape index (κ1) is 18.8. The first-order chi connectivity index (χ1) is 12.4. The topological polar surface area (TPSA) is 62.9 Å². The van der Waals surface area contributed by atoms with E-state index in [9.17, 15) is 13.2 Å². The lowest BCUT2D eigenvalue weighted by atomic mass is 10.1. The summed E-state index contributed by atoms with van der Waals surface area (Å²) in [5.74, 6) is 0.157. The molecule has 3 unspecified atom stereocenters. The first-order valence-electron chi connectivity index (χ1n) is 9.02. The maximum absolute atomic E-state index is 12.5. The van der Waals surface area contributed by atoms with Crippen LogP contribution in [0.1, 0.15) is 37.7 Å². The van der Waals surface area contributed by atoms with E-state index in [2.05, 4.69) is 26.9 Å². The van der Waals surface area contributed by atoms with E-state index in [0.717, 1.165) is 19.5 Å². The van der Waals surface area contributed by atoms with E-state index >= 15 is 0 Å². The van der Waals surface area contributed by atoms with Crippen LogP contribution in [0.4, 0.5) is 13.2 Å². The minimum Gasteiger partial charge on any atom is -0.405 e. The molecule has 0 bridgehead atoms. The van der Waals surface area contributed by atoms with Gasteiger partial charge in [-0.3, -0.25) is 9.89 Å². The normalized spacial score (nSPS) is 26.8. The number of guanidine groups is 1. The number of likely N-dealkylation sites (tertiary alicyclic amines) is 1. The SMILES string of the molecule is CCN1CCCC1CN=C(N)NC1CC1c1ccccc1OC(F)(F)F. The summed E-state index contributed by atoms with van der Waals surface area (Å²) >= 11 is 0. The Kier molecular flexibility index (Phi) is 5.60. The monoisotopic (exact) mass is 370 g/mol. The Morgan fingerprint density at radius 3 is 2.88 bits per heavy atom. The molecule has 0 amide bonds. The van der Waals surface area contributed by atoms with Crippen LogP contribution in [0.15, 0.2) is 29.3 Å². The molecule has 1 aromatic carbocycles. The molecule has 2 aliphatic rings. The fourth-order valence-electron chi connectivity index (χ4n) is 3.66. The summed E-state index contributed by atoms with van der Waals surface area (Å²) in [6.07, 6.45) is -1.68. The van der Waals surface area contributed by atoms with Crippen molar-refractivity contribution in [2.75, 3.05) is 19.6 Å². The summed E-state index contributed by atoms with van der Waals surface area (Å²) in [6, 6.07) is 6.67. The van der Waals surface area contributed by atoms with Crippen molar-refractivity contribution in [1.29, 1.82) is 0 Å². The minimum absolute atomic E-state index is 0.0115. The highest BCUT2D eigenvalue weighted by Crippen LogP contribution is 2.45. The van der Waals surface area contributed by atoms with Crippen molar-refractivity contribution in [1.82, 2.24) is 10.2 Å². The molecular formula is C18H25F3N4O. The number of benzene rings is 1. The number of likely N-dealkylation sites (N-methyl/N-ethyl adjacent to an activating group) is 1. The van der Waals surface area contributed by atoms with Crippen LogP contribution in [0.5, 0.6) is 5.75 Å². The first-order valence-corrected chi connectivity index (χ1v) is 9.02. The lowest BCUT2D eigenvalue weighted by Crippen LogP contribution is -2.37. The number of nitrogens with one attached hydrogen (secondary N) is 1. The Labute approximate surface area is 151 Å². The van der Waals surface area contributed by atoms with Crippen LogP contribution in [0.2, 0.25) is 0 Å². The molecule has 0 aromatic heterocycles. The second-order valence-corrected chi connectivity index (χ2v) is 6.83. The van der Waals surface area contributed by atoms with Gasteiger partial charge in [-0.05, 0) is 44.0 Å². The fourth-order valence-corrected chi connectivity index (χ4v) is 3.66. The molecule has 144 valence electrons. The third-order valence-corrected chi connectivity index (χ3v) is 5.05. The lowest BCUT2D eigenvalue weighted by Gasteiger charge is -2.21. The van der Waals surface area contributed by atoms with Crippen LogP contribution in [0, 0.1) is 0 Å². The smallest absolute Gasteiger partial charge is 0.405 e. The van der Waals surface area contributed by atoms with E-state index < -0.39 is 6.36 Å². The van der Waals surface area contributed by atoms with Crippen LogP contribution in [-0.4, -0.2) is 48.9 Å². The molecule has 3 atom stereocenters. The van der Waals surface area contributed by atoms with E-state index in [1.54, 1.807) is 12.1 Å². The van der Waals surface area contributed by atoms with Gasteiger partial charge in [0.15, 0.2) is 5.96 Å². The lowest BCUT2D eigenvalue weighted by molar-refractivity contribution is -0.274. The Morgan fingerprint density at radius 1 is 1.38 bits per heavy atom. The van der Waals surface area contributed by atoms with Gasteiger partial charge in [0.05, 0.1) is 6.54 Å². The van der Waals surface area contributed by atoms with Crippen molar-refractivity contribution in [3.05, 3.63) is 29.8 Å². The second kappa shape index (κ2) is 7.73. The molecule has 1 saturated heterocycles. The van der Waals surface area contributed by atoms with Crippen LogP contribution in [0.3, 0.4) is 0 Å². The maximum Gasteiger partial charge on any atom is 0.573 e. The van der Waals surface area contributed by atoms with E-state index in [1.807, 2.05) is 0 Å². The Bertz CT molecular complexity index is 650. The van der Waals surface area contributed by atoms with Gasteiger partial charge in [0.2, 0.25) is 0 Å². The zero-order chi connectivity index (χ0) is 18.7. The van der Waals surface area contributed by atoms with Crippen molar-refractivity contribution >= 4 is 5.96 Å². The van der Waals surface area contributed by atoms with Crippen molar-refractivity contribution in [3.8, 4) is 5.75 Å². The van der Waals surface area contributed by atoms with E-state index in [4.69, 9.17) is 5.73 Å². The van der Waals surface area contributed by atoms with E-state index in [1.165, 1.54) is 18.6 Å². The highest BCUT2D eigenvalue weighted by Gasteiger charge is 2.42. The van der Waals surface area contributed by atoms with Crippen LogP contribution >= 0.6 is 0 Å². The number of aliphatic imine (C=N–C) groups is 1. The molecule has 26 heavy (non-hydrogen) atoms. The second-order valence-electron chi connectivity index (χ2n) is 6.83.